The summed E-state index contributed by atoms with van der Waals surface area (Å²) in [5, 5.41) is -2.30. The molecule has 1 aliphatic carbocycles. The van der Waals surface area contributed by atoms with Gasteiger partial charge in [0, 0.05) is 11.1 Å². The largest absolute Gasteiger partial charge is 0.360 e. The molecule has 10 heteroatoms. The second-order valence-electron chi connectivity index (χ2n) is 8.63. The van der Waals surface area contributed by atoms with Crippen LogP contribution < -0.4 is 4.72 Å². The molecule has 0 aromatic heterocycles. The average Bonchev–Trinajstić information content (AvgIpc) is 2.88. The Morgan fingerprint density at radius 3 is 2.03 bits per heavy atom. The molecule has 3 rings (SSSR count). The number of carbonyl (C=O) groups is 1. The first kappa shape index (κ1) is 28.8. The zero-order valence-corrected chi connectivity index (χ0v) is 23.1. The standard InChI is InChI=1S/C26H33ClNO6PS/c1-3-5-12-18-33-35(30,34-19-13-6-4-2)26(28-36(31,32)21-14-8-7-9-15-21)20-24(27)25(29)22-16-10-11-17-23(22)26/h7-11,14-17,20,28H,3-6,12-13,18-19H2,1-2H3. The predicted molar refractivity (Wildman–Crippen MR) is 142 cm³/mol. The molecule has 0 aliphatic heterocycles. The number of hydrogen-bond acceptors (Lipinski definition) is 6. The number of unbranched alkanes of at least 4 members (excludes halogenated alkanes) is 4. The van der Waals surface area contributed by atoms with Gasteiger partial charge in [-0.05, 0) is 31.1 Å². The minimum absolute atomic E-state index is 0.0354. The Hall–Kier alpha value is -1.80. The van der Waals surface area contributed by atoms with Gasteiger partial charge in [0.2, 0.25) is 15.8 Å². The maximum atomic E-state index is 14.8. The normalized spacial score (nSPS) is 18.1. The van der Waals surface area contributed by atoms with Crippen LogP contribution in [0.4, 0.5) is 0 Å². The third kappa shape index (κ3) is 6.18. The highest BCUT2D eigenvalue weighted by molar-refractivity contribution is 7.90. The minimum Gasteiger partial charge on any atom is -0.307 e. The van der Waals surface area contributed by atoms with Crippen molar-refractivity contribution in [3.05, 3.63) is 76.8 Å². The lowest BCUT2D eigenvalue weighted by Gasteiger charge is -2.40. The molecule has 0 saturated carbocycles. The number of hydrogen-bond donors (Lipinski definition) is 1. The maximum Gasteiger partial charge on any atom is 0.360 e. The van der Waals surface area contributed by atoms with Crippen molar-refractivity contribution in [1.29, 1.82) is 0 Å². The van der Waals surface area contributed by atoms with Gasteiger partial charge in [-0.25, -0.2) is 8.42 Å². The fourth-order valence-corrected chi connectivity index (χ4v) is 8.37. The van der Waals surface area contributed by atoms with E-state index in [1.165, 1.54) is 24.3 Å². The van der Waals surface area contributed by atoms with Crippen LogP contribution in [0, 0.1) is 0 Å². The number of halogens is 1. The van der Waals surface area contributed by atoms with Gasteiger partial charge in [-0.2, -0.15) is 4.72 Å². The molecular formula is C26H33ClNO6PS. The van der Waals surface area contributed by atoms with Crippen LogP contribution in [0.15, 0.2) is 70.6 Å². The summed E-state index contributed by atoms with van der Waals surface area (Å²) in [6.45, 7) is 4.24. The quantitative estimate of drug-likeness (QED) is 0.205. The van der Waals surface area contributed by atoms with Gasteiger partial charge < -0.3 is 9.05 Å². The van der Waals surface area contributed by atoms with Crippen molar-refractivity contribution in [1.82, 2.24) is 4.72 Å². The molecule has 1 unspecified atom stereocenters. The Morgan fingerprint density at radius 2 is 1.44 bits per heavy atom. The summed E-state index contributed by atoms with van der Waals surface area (Å²) in [6.07, 6.45) is 5.91. The first-order chi connectivity index (χ1) is 17.2. The van der Waals surface area contributed by atoms with E-state index in [0.29, 0.717) is 12.8 Å². The van der Waals surface area contributed by atoms with Crippen molar-refractivity contribution in [2.24, 2.45) is 0 Å². The smallest absolute Gasteiger partial charge is 0.307 e. The molecule has 196 valence electrons. The molecule has 2 aromatic rings. The van der Waals surface area contributed by atoms with Crippen LogP contribution in [-0.2, 0) is 28.9 Å². The van der Waals surface area contributed by atoms with Crippen molar-refractivity contribution in [2.75, 3.05) is 13.2 Å². The third-order valence-electron chi connectivity index (χ3n) is 5.93. The van der Waals surface area contributed by atoms with Crippen molar-refractivity contribution in [3.63, 3.8) is 0 Å². The van der Waals surface area contributed by atoms with Gasteiger partial charge in [0.1, 0.15) is 0 Å². The molecule has 1 N–H and O–H groups in total. The van der Waals surface area contributed by atoms with Gasteiger partial charge >= 0.3 is 7.60 Å². The summed E-state index contributed by atoms with van der Waals surface area (Å²) in [4.78, 5) is 12.9. The predicted octanol–water partition coefficient (Wildman–Crippen LogP) is 6.74. The lowest BCUT2D eigenvalue weighted by atomic mass is 9.92. The van der Waals surface area contributed by atoms with Crippen molar-refractivity contribution >= 4 is 35.0 Å². The fraction of sp³-hybridized carbons (Fsp3) is 0.423. The molecule has 1 aliphatic rings. The first-order valence-corrected chi connectivity index (χ1v) is 15.6. The molecule has 1 atom stereocenters. The Bertz CT molecular complexity index is 1220. The van der Waals surface area contributed by atoms with Gasteiger partial charge in [-0.1, -0.05) is 93.6 Å². The average molecular weight is 554 g/mol. The topological polar surface area (TPSA) is 98.8 Å². The highest BCUT2D eigenvalue weighted by Gasteiger charge is 2.57. The van der Waals surface area contributed by atoms with Gasteiger partial charge in [0.05, 0.1) is 23.1 Å². The summed E-state index contributed by atoms with van der Waals surface area (Å²) < 4.78 is 56.5. The van der Waals surface area contributed by atoms with Crippen LogP contribution in [0.2, 0.25) is 0 Å². The van der Waals surface area contributed by atoms with Gasteiger partial charge in [0.15, 0.2) is 5.28 Å². The first-order valence-electron chi connectivity index (χ1n) is 12.2. The highest BCUT2D eigenvalue weighted by atomic mass is 35.5. The maximum absolute atomic E-state index is 14.8. The van der Waals surface area contributed by atoms with Crippen LogP contribution in [0.25, 0.3) is 0 Å². The van der Waals surface area contributed by atoms with Crippen LogP contribution >= 0.6 is 19.2 Å². The summed E-state index contributed by atoms with van der Waals surface area (Å²) in [5.74, 6) is -0.495. The van der Waals surface area contributed by atoms with Gasteiger partial charge in [0.25, 0.3) is 0 Å². The summed E-state index contributed by atoms with van der Waals surface area (Å²) >= 11 is 6.37. The monoisotopic (exact) mass is 553 g/mol. The van der Waals surface area contributed by atoms with Crippen LogP contribution in [0.3, 0.4) is 0 Å². The Balaban J connectivity index is 2.21. The van der Waals surface area contributed by atoms with Crippen LogP contribution in [0.1, 0.15) is 68.3 Å². The number of carbonyl (C=O) groups excluding carboxylic acids is 1. The number of Topliss-reactive ketones (excluding diaryl/α,β-unsaturated/α-hetero) is 1. The lowest BCUT2D eigenvalue weighted by molar-refractivity contribution is 0.103. The van der Waals surface area contributed by atoms with E-state index in [1.807, 2.05) is 13.8 Å². The van der Waals surface area contributed by atoms with Crippen molar-refractivity contribution < 1.29 is 26.8 Å². The van der Waals surface area contributed by atoms with E-state index in [2.05, 4.69) is 4.72 Å². The number of fused-ring (bicyclic) bond motifs is 1. The van der Waals surface area contributed by atoms with E-state index in [-0.39, 0.29) is 34.3 Å². The molecule has 0 spiro atoms. The summed E-state index contributed by atoms with van der Waals surface area (Å²) in [6, 6.07) is 14.1. The SMILES string of the molecule is CCCCCOP(=O)(OCCCCC)C1(NS(=O)(=O)c2ccccc2)C=C(Cl)C(=O)c2ccccc21. The zero-order valence-electron chi connectivity index (χ0n) is 20.6. The molecule has 0 radical (unpaired) electrons. The number of ketones is 1. The second-order valence-corrected chi connectivity index (χ2v) is 12.9. The second kappa shape index (κ2) is 12.6. The van der Waals surface area contributed by atoms with Gasteiger partial charge in [-0.15, -0.1) is 0 Å². The molecule has 0 bridgehead atoms. The third-order valence-corrected chi connectivity index (χ3v) is 10.2. The molecule has 36 heavy (non-hydrogen) atoms. The fourth-order valence-electron chi connectivity index (χ4n) is 4.01. The Morgan fingerprint density at radius 1 is 0.889 bits per heavy atom. The summed E-state index contributed by atoms with van der Waals surface area (Å²) in [5.41, 5.74) is 0.309. The Kier molecular flexibility index (Phi) is 10.1. The molecule has 0 amide bonds. The molecule has 0 heterocycles. The lowest BCUT2D eigenvalue weighted by Crippen LogP contribution is -2.47. The van der Waals surface area contributed by atoms with E-state index in [0.717, 1.165) is 25.7 Å². The molecule has 2 aromatic carbocycles. The number of allylic oxidation sites excluding steroid dienone is 1. The summed E-state index contributed by atoms with van der Waals surface area (Å²) in [7, 11) is -8.57. The molecule has 7 nitrogen and oxygen atoms in total. The van der Waals surface area contributed by atoms with E-state index in [9.17, 15) is 17.8 Å². The van der Waals surface area contributed by atoms with E-state index >= 15 is 0 Å². The zero-order chi connectivity index (χ0) is 26.2. The Labute approximate surface area is 218 Å². The number of nitrogens with one attached hydrogen (secondary N) is 1. The van der Waals surface area contributed by atoms with E-state index in [4.69, 9.17) is 20.6 Å². The van der Waals surface area contributed by atoms with Crippen LogP contribution in [0.5, 0.6) is 0 Å². The van der Waals surface area contributed by atoms with Crippen molar-refractivity contribution in [2.45, 2.75) is 62.5 Å². The highest BCUT2D eigenvalue weighted by Crippen LogP contribution is 2.66. The minimum atomic E-state index is -4.32. The van der Waals surface area contributed by atoms with Crippen molar-refractivity contribution in [3.8, 4) is 0 Å². The van der Waals surface area contributed by atoms with E-state index in [1.54, 1.807) is 36.4 Å². The van der Waals surface area contributed by atoms with Crippen LogP contribution in [-0.4, -0.2) is 27.4 Å². The van der Waals surface area contributed by atoms with Gasteiger partial charge in [-0.3, -0.25) is 9.36 Å². The van der Waals surface area contributed by atoms with E-state index < -0.39 is 28.7 Å². The number of benzene rings is 2. The number of rotatable bonds is 14. The molecule has 0 saturated heterocycles. The molecular weight excluding hydrogens is 521 g/mol. The number of sulfonamides is 1. The molecule has 0 fully saturated rings.